The van der Waals surface area contributed by atoms with E-state index in [1.807, 2.05) is 0 Å². The zero-order chi connectivity index (χ0) is 6.69. The van der Waals surface area contributed by atoms with Gasteiger partial charge in [0.15, 0.2) is 0 Å². The van der Waals surface area contributed by atoms with E-state index in [9.17, 15) is 0 Å². The van der Waals surface area contributed by atoms with Crippen molar-refractivity contribution in [3.8, 4) is 0 Å². The third kappa shape index (κ3) is 1.40. The lowest BCUT2D eigenvalue weighted by Gasteiger charge is -1.95. The van der Waals surface area contributed by atoms with Crippen molar-refractivity contribution in [3.05, 3.63) is 29.0 Å². The Morgan fingerprint density at radius 3 is 2.89 bits per heavy atom. The molecule has 0 aliphatic carbocycles. The van der Waals surface area contributed by atoms with Gasteiger partial charge in [0.25, 0.3) is 0 Å². The Balaban J connectivity index is 3.01. The molecule has 0 aliphatic heterocycles. The van der Waals surface area contributed by atoms with E-state index in [0.29, 0.717) is 11.6 Å². The van der Waals surface area contributed by atoms with Gasteiger partial charge in [-0.3, -0.25) is 4.98 Å². The topological polar surface area (TPSA) is 38.9 Å². The summed E-state index contributed by atoms with van der Waals surface area (Å²) in [6, 6.07) is 1.73. The number of nitrogens with two attached hydrogens (primary N) is 1. The smallest absolute Gasteiger partial charge is 0.0481 e. The molecule has 0 bridgehead atoms. The summed E-state index contributed by atoms with van der Waals surface area (Å²) in [4.78, 5) is 3.85. The second-order valence-electron chi connectivity index (χ2n) is 1.67. The first-order valence-corrected chi connectivity index (χ1v) is 3.01. The fourth-order valence-electron chi connectivity index (χ4n) is 0.560. The van der Waals surface area contributed by atoms with Gasteiger partial charge in [-0.25, -0.2) is 0 Å². The average molecular weight is 143 g/mol. The SMILES string of the molecule is NCc1cnccc1Cl. The van der Waals surface area contributed by atoms with Crippen LogP contribution in [-0.4, -0.2) is 4.98 Å². The minimum absolute atomic E-state index is 0.451. The molecule has 0 fully saturated rings. The maximum absolute atomic E-state index is 5.70. The highest BCUT2D eigenvalue weighted by Crippen LogP contribution is 2.11. The second-order valence-corrected chi connectivity index (χ2v) is 2.08. The van der Waals surface area contributed by atoms with Crippen LogP contribution in [0.25, 0.3) is 0 Å². The summed E-state index contributed by atoms with van der Waals surface area (Å²) in [7, 11) is 0. The summed E-state index contributed by atoms with van der Waals surface area (Å²) >= 11 is 5.70. The molecule has 0 radical (unpaired) electrons. The van der Waals surface area contributed by atoms with Crippen molar-refractivity contribution in [1.82, 2.24) is 4.98 Å². The minimum atomic E-state index is 0.451. The molecule has 0 amide bonds. The summed E-state index contributed by atoms with van der Waals surface area (Å²) in [5, 5.41) is 0.688. The molecule has 0 spiro atoms. The molecule has 9 heavy (non-hydrogen) atoms. The van der Waals surface area contributed by atoms with Gasteiger partial charge in [-0.05, 0) is 6.07 Å². The molecule has 1 heterocycles. The van der Waals surface area contributed by atoms with Gasteiger partial charge >= 0.3 is 0 Å². The van der Waals surface area contributed by atoms with Crippen molar-refractivity contribution in [2.45, 2.75) is 6.54 Å². The van der Waals surface area contributed by atoms with Crippen molar-refractivity contribution in [2.75, 3.05) is 0 Å². The minimum Gasteiger partial charge on any atom is -0.326 e. The molecule has 0 atom stereocenters. The number of pyridine rings is 1. The van der Waals surface area contributed by atoms with Gasteiger partial charge in [0.2, 0.25) is 0 Å². The fourth-order valence-corrected chi connectivity index (χ4v) is 0.743. The summed E-state index contributed by atoms with van der Waals surface area (Å²) in [6.45, 7) is 0.451. The molecule has 48 valence electrons. The zero-order valence-corrected chi connectivity index (χ0v) is 5.60. The molecule has 0 saturated carbocycles. The summed E-state index contributed by atoms with van der Waals surface area (Å²) in [5.74, 6) is 0. The van der Waals surface area contributed by atoms with Crippen molar-refractivity contribution in [3.63, 3.8) is 0 Å². The van der Waals surface area contributed by atoms with E-state index in [2.05, 4.69) is 4.98 Å². The summed E-state index contributed by atoms with van der Waals surface area (Å²) in [6.07, 6.45) is 3.31. The molecule has 0 unspecified atom stereocenters. The quantitative estimate of drug-likeness (QED) is 0.640. The van der Waals surface area contributed by atoms with Crippen LogP contribution in [0.2, 0.25) is 5.02 Å². The molecule has 1 aromatic rings. The third-order valence-electron chi connectivity index (χ3n) is 1.06. The Hall–Kier alpha value is -0.600. The van der Waals surface area contributed by atoms with Gasteiger partial charge in [0.05, 0.1) is 0 Å². The predicted octanol–water partition coefficient (Wildman–Crippen LogP) is 1.19. The summed E-state index contributed by atoms with van der Waals surface area (Å²) in [5.41, 5.74) is 6.21. The van der Waals surface area contributed by atoms with Crippen molar-refractivity contribution < 1.29 is 0 Å². The number of aromatic nitrogens is 1. The van der Waals surface area contributed by atoms with Gasteiger partial charge < -0.3 is 5.73 Å². The van der Waals surface area contributed by atoms with Crippen LogP contribution in [-0.2, 0) is 6.54 Å². The Morgan fingerprint density at radius 1 is 1.67 bits per heavy atom. The number of hydrogen-bond acceptors (Lipinski definition) is 2. The lowest BCUT2D eigenvalue weighted by atomic mass is 10.3. The van der Waals surface area contributed by atoms with E-state index in [1.54, 1.807) is 18.5 Å². The van der Waals surface area contributed by atoms with E-state index in [1.165, 1.54) is 0 Å². The highest BCUT2D eigenvalue weighted by atomic mass is 35.5. The van der Waals surface area contributed by atoms with Crippen LogP contribution < -0.4 is 5.73 Å². The highest BCUT2D eigenvalue weighted by Gasteiger charge is 1.93. The van der Waals surface area contributed by atoms with E-state index in [-0.39, 0.29) is 0 Å². The van der Waals surface area contributed by atoms with E-state index >= 15 is 0 Å². The number of hydrogen-bond donors (Lipinski definition) is 1. The fraction of sp³-hybridized carbons (Fsp3) is 0.167. The van der Waals surface area contributed by atoms with Crippen LogP contribution in [0.15, 0.2) is 18.5 Å². The standard InChI is InChI=1S/C6H7ClN2/c7-6-1-2-9-4-5(6)3-8/h1-2,4H,3,8H2. The van der Waals surface area contributed by atoms with Crippen LogP contribution in [0.5, 0.6) is 0 Å². The first-order valence-electron chi connectivity index (χ1n) is 2.63. The van der Waals surface area contributed by atoms with E-state index in [4.69, 9.17) is 17.3 Å². The molecular weight excluding hydrogens is 136 g/mol. The maximum Gasteiger partial charge on any atom is 0.0481 e. The van der Waals surface area contributed by atoms with E-state index < -0.39 is 0 Å². The molecule has 1 aromatic heterocycles. The first-order chi connectivity index (χ1) is 4.34. The molecule has 3 heteroatoms. The molecule has 0 aliphatic rings. The molecule has 2 nitrogen and oxygen atoms in total. The van der Waals surface area contributed by atoms with Gasteiger partial charge in [-0.1, -0.05) is 11.6 Å². The van der Waals surface area contributed by atoms with Crippen LogP contribution in [0.3, 0.4) is 0 Å². The van der Waals surface area contributed by atoms with Gasteiger partial charge in [0, 0.05) is 29.5 Å². The Morgan fingerprint density at radius 2 is 2.44 bits per heavy atom. The summed E-state index contributed by atoms with van der Waals surface area (Å²) < 4.78 is 0. The van der Waals surface area contributed by atoms with Crippen LogP contribution >= 0.6 is 11.6 Å². The average Bonchev–Trinajstić information content (AvgIpc) is 1.89. The van der Waals surface area contributed by atoms with Gasteiger partial charge in [-0.2, -0.15) is 0 Å². The Bertz CT molecular complexity index is 200. The van der Waals surface area contributed by atoms with Crippen LogP contribution in [0, 0.1) is 0 Å². The molecule has 1 rings (SSSR count). The van der Waals surface area contributed by atoms with E-state index in [0.717, 1.165) is 5.56 Å². The second kappa shape index (κ2) is 2.80. The molecule has 0 aromatic carbocycles. The maximum atomic E-state index is 5.70. The van der Waals surface area contributed by atoms with Crippen molar-refractivity contribution in [1.29, 1.82) is 0 Å². The predicted molar refractivity (Wildman–Crippen MR) is 37.1 cm³/mol. The molecule has 2 N–H and O–H groups in total. The molecule has 0 saturated heterocycles. The Labute approximate surface area is 58.7 Å². The molecular formula is C6H7ClN2. The number of nitrogens with zero attached hydrogens (tertiary/aromatic N) is 1. The van der Waals surface area contributed by atoms with Crippen LogP contribution in [0.1, 0.15) is 5.56 Å². The van der Waals surface area contributed by atoms with Crippen molar-refractivity contribution in [2.24, 2.45) is 5.73 Å². The third-order valence-corrected chi connectivity index (χ3v) is 1.43. The van der Waals surface area contributed by atoms with Crippen LogP contribution in [0.4, 0.5) is 0 Å². The van der Waals surface area contributed by atoms with Gasteiger partial charge in [-0.15, -0.1) is 0 Å². The Kier molecular flexibility index (Phi) is 2.03. The lowest BCUT2D eigenvalue weighted by Crippen LogP contribution is -1.96. The lowest BCUT2D eigenvalue weighted by molar-refractivity contribution is 1.05. The van der Waals surface area contributed by atoms with Gasteiger partial charge in [0.1, 0.15) is 0 Å². The largest absolute Gasteiger partial charge is 0.326 e. The monoisotopic (exact) mass is 142 g/mol. The number of rotatable bonds is 1. The highest BCUT2D eigenvalue weighted by molar-refractivity contribution is 6.31. The van der Waals surface area contributed by atoms with Crippen molar-refractivity contribution >= 4 is 11.6 Å². The number of halogens is 1. The first kappa shape index (κ1) is 6.52. The zero-order valence-electron chi connectivity index (χ0n) is 4.84. The normalized spacial score (nSPS) is 9.56.